The van der Waals surface area contributed by atoms with Crippen molar-refractivity contribution in [3.05, 3.63) is 132 Å². The zero-order chi connectivity index (χ0) is 28.3. The summed E-state index contributed by atoms with van der Waals surface area (Å²) in [4.78, 5) is 0. The average Bonchev–Trinajstić information content (AvgIpc) is 3.03. The second-order valence-electron chi connectivity index (χ2n) is 9.85. The van der Waals surface area contributed by atoms with Crippen molar-refractivity contribution >= 4 is 0 Å². The van der Waals surface area contributed by atoms with Gasteiger partial charge < -0.3 is 33.5 Å². The van der Waals surface area contributed by atoms with E-state index in [1.54, 1.807) is 31.4 Å². The molecule has 41 heavy (non-hydrogen) atoms. The maximum atomic E-state index is 11.5. The Morgan fingerprint density at radius 3 is 1.63 bits per heavy atom. The molecule has 1 fully saturated rings. The maximum Gasteiger partial charge on any atom is 0.229 e. The number of rotatable bonds is 13. The van der Waals surface area contributed by atoms with E-state index in [0.29, 0.717) is 31.3 Å². The van der Waals surface area contributed by atoms with Crippen molar-refractivity contribution < 1.29 is 33.5 Å². The molecule has 0 saturated carbocycles. The Kier molecular flexibility index (Phi) is 10.4. The summed E-state index contributed by atoms with van der Waals surface area (Å²) in [6.07, 6.45) is -4.09. The van der Waals surface area contributed by atoms with Crippen molar-refractivity contribution in [2.45, 2.75) is 50.5 Å². The minimum absolute atomic E-state index is 0.217. The molecule has 4 aromatic carbocycles. The molecular weight excluding hydrogens is 520 g/mol. The average molecular weight is 557 g/mol. The quantitative estimate of drug-likeness (QED) is 0.232. The number of aliphatic hydroxyl groups is 1. The van der Waals surface area contributed by atoms with Crippen molar-refractivity contribution in [2.24, 2.45) is 0 Å². The summed E-state index contributed by atoms with van der Waals surface area (Å²) >= 11 is 0. The Bertz CT molecular complexity index is 1290. The number of aliphatic hydroxyl groups excluding tert-OH is 1. The molecule has 1 saturated heterocycles. The molecule has 7 heteroatoms. The van der Waals surface area contributed by atoms with E-state index in [9.17, 15) is 5.11 Å². The fraction of sp³-hybridized carbons (Fsp3) is 0.294. The molecule has 0 unspecified atom stereocenters. The van der Waals surface area contributed by atoms with Crippen LogP contribution in [0.1, 0.15) is 16.7 Å². The molecule has 214 valence electrons. The van der Waals surface area contributed by atoms with Gasteiger partial charge in [-0.15, -0.1) is 0 Å². The van der Waals surface area contributed by atoms with Gasteiger partial charge in [-0.05, 0) is 41.0 Å². The summed E-state index contributed by atoms with van der Waals surface area (Å²) in [6, 6.07) is 36.8. The van der Waals surface area contributed by atoms with Gasteiger partial charge in [-0.3, -0.25) is 0 Å². The fourth-order valence-electron chi connectivity index (χ4n) is 4.71. The lowest BCUT2D eigenvalue weighted by molar-refractivity contribution is -0.299. The van der Waals surface area contributed by atoms with Gasteiger partial charge in [0.25, 0.3) is 0 Å². The largest absolute Gasteiger partial charge is 0.497 e. The van der Waals surface area contributed by atoms with Crippen LogP contribution in [0.5, 0.6) is 11.5 Å². The Balaban J connectivity index is 1.37. The van der Waals surface area contributed by atoms with Gasteiger partial charge in [-0.25, -0.2) is 0 Å². The highest BCUT2D eigenvalue weighted by Gasteiger charge is 2.48. The van der Waals surface area contributed by atoms with Crippen molar-refractivity contribution in [3.63, 3.8) is 0 Å². The third kappa shape index (κ3) is 8.16. The minimum atomic E-state index is -1.13. The van der Waals surface area contributed by atoms with E-state index < -0.39 is 30.7 Å². The van der Waals surface area contributed by atoms with Crippen LogP contribution in [0.3, 0.4) is 0 Å². The summed E-state index contributed by atoms with van der Waals surface area (Å²) in [5.74, 6) is 1.23. The fourth-order valence-corrected chi connectivity index (χ4v) is 4.71. The molecule has 0 bridgehead atoms. The predicted octanol–water partition coefficient (Wildman–Crippen LogP) is 5.55. The van der Waals surface area contributed by atoms with Crippen LogP contribution in [-0.4, -0.2) is 49.5 Å². The first-order valence-electron chi connectivity index (χ1n) is 13.8. The van der Waals surface area contributed by atoms with Crippen molar-refractivity contribution in [3.8, 4) is 11.5 Å². The molecule has 0 spiro atoms. The van der Waals surface area contributed by atoms with E-state index in [1.807, 2.05) is 91.0 Å². The zero-order valence-corrected chi connectivity index (χ0v) is 23.1. The molecule has 4 aromatic rings. The highest BCUT2D eigenvalue weighted by atomic mass is 16.7. The summed E-state index contributed by atoms with van der Waals surface area (Å²) in [5, 5.41) is 11.5. The second-order valence-corrected chi connectivity index (χ2v) is 9.85. The van der Waals surface area contributed by atoms with Gasteiger partial charge in [0, 0.05) is 0 Å². The standard InChI is InChI=1S/C34H36O7/c1-36-28-17-19-29(20-18-28)40-34-31(35)33(39-23-27-15-9-4-10-16-27)32(38-22-26-13-7-3-8-14-26)30(41-34)24-37-21-25-11-5-2-6-12-25/h2-20,30-35H,21-24H2,1H3/t30-,31-,32+,33-,34+/m1/s1. The van der Waals surface area contributed by atoms with Crippen LogP contribution in [0.25, 0.3) is 0 Å². The van der Waals surface area contributed by atoms with E-state index in [2.05, 4.69) is 0 Å². The molecule has 0 radical (unpaired) electrons. The lowest BCUT2D eigenvalue weighted by Gasteiger charge is -2.44. The monoisotopic (exact) mass is 556 g/mol. The highest BCUT2D eigenvalue weighted by Crippen LogP contribution is 2.30. The summed E-state index contributed by atoms with van der Waals surface area (Å²) in [7, 11) is 1.61. The first-order chi connectivity index (χ1) is 20.2. The van der Waals surface area contributed by atoms with E-state index in [0.717, 1.165) is 16.7 Å². The van der Waals surface area contributed by atoms with E-state index in [1.165, 1.54) is 0 Å². The molecule has 1 aliphatic rings. The number of hydrogen-bond donors (Lipinski definition) is 1. The Hall–Kier alpha value is -3.72. The van der Waals surface area contributed by atoms with Crippen LogP contribution < -0.4 is 9.47 Å². The van der Waals surface area contributed by atoms with Crippen LogP contribution >= 0.6 is 0 Å². The lowest BCUT2D eigenvalue weighted by atomic mass is 9.98. The molecule has 0 aliphatic carbocycles. The summed E-state index contributed by atoms with van der Waals surface area (Å²) in [5.41, 5.74) is 3.04. The van der Waals surface area contributed by atoms with E-state index in [-0.39, 0.29) is 6.61 Å². The topological polar surface area (TPSA) is 75.6 Å². The van der Waals surface area contributed by atoms with Gasteiger partial charge in [0.2, 0.25) is 6.29 Å². The number of benzene rings is 4. The minimum Gasteiger partial charge on any atom is -0.497 e. The predicted molar refractivity (Wildman–Crippen MR) is 154 cm³/mol. The zero-order valence-electron chi connectivity index (χ0n) is 23.1. The highest BCUT2D eigenvalue weighted by molar-refractivity contribution is 5.31. The van der Waals surface area contributed by atoms with Crippen LogP contribution in [0.4, 0.5) is 0 Å². The molecule has 5 rings (SSSR count). The number of hydrogen-bond acceptors (Lipinski definition) is 7. The lowest BCUT2D eigenvalue weighted by Crippen LogP contribution is -2.61. The summed E-state index contributed by atoms with van der Waals surface area (Å²) < 4.78 is 36.6. The van der Waals surface area contributed by atoms with E-state index >= 15 is 0 Å². The smallest absolute Gasteiger partial charge is 0.229 e. The molecule has 1 aliphatic heterocycles. The van der Waals surface area contributed by atoms with Crippen LogP contribution in [0.2, 0.25) is 0 Å². The van der Waals surface area contributed by atoms with Crippen molar-refractivity contribution in [1.82, 2.24) is 0 Å². The third-order valence-electron chi connectivity index (χ3n) is 6.89. The van der Waals surface area contributed by atoms with Gasteiger partial charge in [0.05, 0.1) is 33.5 Å². The van der Waals surface area contributed by atoms with Crippen LogP contribution in [-0.2, 0) is 38.8 Å². The molecule has 0 aromatic heterocycles. The molecule has 1 N–H and O–H groups in total. The van der Waals surface area contributed by atoms with Crippen LogP contribution in [0, 0.1) is 0 Å². The first kappa shape index (κ1) is 28.8. The first-order valence-corrected chi connectivity index (χ1v) is 13.8. The van der Waals surface area contributed by atoms with Gasteiger partial charge >= 0.3 is 0 Å². The van der Waals surface area contributed by atoms with E-state index in [4.69, 9.17) is 28.4 Å². The van der Waals surface area contributed by atoms with Gasteiger partial charge in [0.15, 0.2) is 0 Å². The number of ether oxygens (including phenoxy) is 6. The Morgan fingerprint density at radius 2 is 1.10 bits per heavy atom. The molecule has 5 atom stereocenters. The maximum absolute atomic E-state index is 11.5. The van der Waals surface area contributed by atoms with Gasteiger partial charge in [-0.2, -0.15) is 0 Å². The second kappa shape index (κ2) is 14.8. The normalized spacial score (nSPS) is 22.2. The van der Waals surface area contributed by atoms with Crippen molar-refractivity contribution in [2.75, 3.05) is 13.7 Å². The molecule has 0 amide bonds. The summed E-state index contributed by atoms with van der Waals surface area (Å²) in [6.45, 7) is 1.25. The molecule has 1 heterocycles. The number of methoxy groups -OCH3 is 1. The third-order valence-corrected chi connectivity index (χ3v) is 6.89. The SMILES string of the molecule is COc1ccc(O[C@H]2O[C@H](COCc3ccccc3)[C@H](OCc3ccccc3)[C@H](OCc3ccccc3)[C@H]2O)cc1. The van der Waals surface area contributed by atoms with Gasteiger partial charge in [0.1, 0.15) is 35.9 Å². The Labute approximate surface area is 241 Å². The Morgan fingerprint density at radius 1 is 0.610 bits per heavy atom. The van der Waals surface area contributed by atoms with Gasteiger partial charge in [-0.1, -0.05) is 91.0 Å². The molecule has 7 nitrogen and oxygen atoms in total. The van der Waals surface area contributed by atoms with Crippen molar-refractivity contribution in [1.29, 1.82) is 0 Å². The van der Waals surface area contributed by atoms with Crippen LogP contribution in [0.15, 0.2) is 115 Å². The molecular formula is C34H36O7.